The van der Waals surface area contributed by atoms with E-state index in [0.717, 1.165) is 22.1 Å². The molecule has 0 atom stereocenters. The summed E-state index contributed by atoms with van der Waals surface area (Å²) in [6, 6.07) is 9.10. The van der Waals surface area contributed by atoms with Gasteiger partial charge in [0.15, 0.2) is 5.13 Å². The zero-order valence-electron chi connectivity index (χ0n) is 16.9. The molecule has 3 N–H and O–H groups in total. The number of benzene rings is 1. The van der Waals surface area contributed by atoms with Crippen molar-refractivity contribution in [3.63, 3.8) is 0 Å². The molecule has 8 heteroatoms. The molecule has 0 aliphatic carbocycles. The van der Waals surface area contributed by atoms with Gasteiger partial charge >= 0.3 is 6.03 Å². The number of urea groups is 1. The lowest BCUT2D eigenvalue weighted by molar-refractivity contribution is 0.0950. The Morgan fingerprint density at radius 2 is 1.90 bits per heavy atom. The summed E-state index contributed by atoms with van der Waals surface area (Å²) in [7, 11) is 0. The molecule has 3 rings (SSSR count). The fraction of sp³-hybridized carbons (Fsp3) is 0.286. The SMILES string of the molecule is Cc1cc(C(=O)NCc2ccc(NC(=O)NC(C)C)cc2)c(C)n1-c1nccs1. The van der Waals surface area contributed by atoms with E-state index in [1.807, 2.05) is 68.0 Å². The lowest BCUT2D eigenvalue weighted by atomic mass is 10.2. The minimum absolute atomic E-state index is 0.0713. The lowest BCUT2D eigenvalue weighted by Crippen LogP contribution is -2.34. The minimum atomic E-state index is -0.239. The maximum atomic E-state index is 12.7. The fourth-order valence-corrected chi connectivity index (χ4v) is 3.78. The highest BCUT2D eigenvalue weighted by atomic mass is 32.1. The van der Waals surface area contributed by atoms with Crippen LogP contribution in [0.1, 0.15) is 41.2 Å². The van der Waals surface area contributed by atoms with Gasteiger partial charge in [0.1, 0.15) is 0 Å². The topological polar surface area (TPSA) is 88.0 Å². The van der Waals surface area contributed by atoms with Crippen LogP contribution in [0.5, 0.6) is 0 Å². The predicted octanol–water partition coefficient (Wildman–Crippen LogP) is 4.01. The zero-order chi connectivity index (χ0) is 21.0. The first kappa shape index (κ1) is 20.6. The van der Waals surface area contributed by atoms with Crippen molar-refractivity contribution in [2.45, 2.75) is 40.3 Å². The number of carbonyl (C=O) groups is 2. The van der Waals surface area contributed by atoms with Crippen LogP contribution in [0, 0.1) is 13.8 Å². The number of amides is 3. The number of rotatable bonds is 6. The smallest absolute Gasteiger partial charge is 0.319 e. The zero-order valence-corrected chi connectivity index (χ0v) is 17.8. The quantitative estimate of drug-likeness (QED) is 0.573. The summed E-state index contributed by atoms with van der Waals surface area (Å²) in [6.07, 6.45) is 1.75. The average molecular weight is 412 g/mol. The number of carbonyl (C=O) groups excluding carboxylic acids is 2. The van der Waals surface area contributed by atoms with E-state index in [0.29, 0.717) is 17.8 Å². The fourth-order valence-electron chi connectivity index (χ4n) is 3.03. The van der Waals surface area contributed by atoms with E-state index in [2.05, 4.69) is 20.9 Å². The van der Waals surface area contributed by atoms with Crippen molar-refractivity contribution < 1.29 is 9.59 Å². The summed E-state index contributed by atoms with van der Waals surface area (Å²) in [4.78, 5) is 28.8. The van der Waals surface area contributed by atoms with Crippen LogP contribution in [0.4, 0.5) is 10.5 Å². The van der Waals surface area contributed by atoms with Gasteiger partial charge in [0.2, 0.25) is 0 Å². The Morgan fingerprint density at radius 1 is 1.17 bits per heavy atom. The van der Waals surface area contributed by atoms with Crippen LogP contribution in [0.25, 0.3) is 5.13 Å². The van der Waals surface area contributed by atoms with Gasteiger partial charge < -0.3 is 16.0 Å². The first-order valence-electron chi connectivity index (χ1n) is 9.38. The second kappa shape index (κ2) is 8.91. The molecule has 29 heavy (non-hydrogen) atoms. The predicted molar refractivity (Wildman–Crippen MR) is 116 cm³/mol. The number of aryl methyl sites for hydroxylation is 1. The molecule has 3 aromatic rings. The van der Waals surface area contributed by atoms with Gasteiger partial charge in [0, 0.05) is 41.2 Å². The van der Waals surface area contributed by atoms with Crippen molar-refractivity contribution in [1.82, 2.24) is 20.2 Å². The summed E-state index contributed by atoms with van der Waals surface area (Å²) in [5.41, 5.74) is 4.12. The largest absolute Gasteiger partial charge is 0.348 e. The van der Waals surface area contributed by atoms with Crippen LogP contribution < -0.4 is 16.0 Å². The maximum absolute atomic E-state index is 12.7. The Labute approximate surface area is 174 Å². The lowest BCUT2D eigenvalue weighted by Gasteiger charge is -2.11. The summed E-state index contributed by atoms with van der Waals surface area (Å²) in [5, 5.41) is 11.3. The second-order valence-electron chi connectivity index (χ2n) is 7.07. The first-order valence-corrected chi connectivity index (χ1v) is 10.3. The van der Waals surface area contributed by atoms with E-state index >= 15 is 0 Å². The van der Waals surface area contributed by atoms with Crippen molar-refractivity contribution in [3.05, 3.63) is 64.4 Å². The van der Waals surface area contributed by atoms with Gasteiger partial charge in [-0.15, -0.1) is 11.3 Å². The van der Waals surface area contributed by atoms with E-state index < -0.39 is 0 Å². The van der Waals surface area contributed by atoms with E-state index in [9.17, 15) is 9.59 Å². The molecule has 2 aromatic heterocycles. The van der Waals surface area contributed by atoms with Crippen LogP contribution in [-0.2, 0) is 6.54 Å². The average Bonchev–Trinajstić information content (AvgIpc) is 3.28. The van der Waals surface area contributed by atoms with Gasteiger partial charge in [-0.1, -0.05) is 12.1 Å². The Kier molecular flexibility index (Phi) is 6.33. The summed E-state index contributed by atoms with van der Waals surface area (Å²) < 4.78 is 1.99. The Bertz CT molecular complexity index is 991. The van der Waals surface area contributed by atoms with Gasteiger partial charge in [0.25, 0.3) is 5.91 Å². The van der Waals surface area contributed by atoms with Crippen LogP contribution in [-0.4, -0.2) is 27.5 Å². The Balaban J connectivity index is 1.61. The number of anilines is 1. The van der Waals surface area contributed by atoms with Crippen molar-refractivity contribution in [2.75, 3.05) is 5.32 Å². The molecule has 7 nitrogen and oxygen atoms in total. The highest BCUT2D eigenvalue weighted by Crippen LogP contribution is 2.22. The van der Waals surface area contributed by atoms with Crippen LogP contribution in [0.3, 0.4) is 0 Å². The van der Waals surface area contributed by atoms with E-state index in [4.69, 9.17) is 0 Å². The maximum Gasteiger partial charge on any atom is 0.319 e. The van der Waals surface area contributed by atoms with Crippen molar-refractivity contribution in [2.24, 2.45) is 0 Å². The van der Waals surface area contributed by atoms with Gasteiger partial charge in [-0.05, 0) is 51.5 Å². The third-order valence-corrected chi connectivity index (χ3v) is 5.13. The Morgan fingerprint density at radius 3 is 2.52 bits per heavy atom. The van der Waals surface area contributed by atoms with E-state index in [-0.39, 0.29) is 18.0 Å². The number of hydrogen-bond acceptors (Lipinski definition) is 4. The molecule has 0 fully saturated rings. The minimum Gasteiger partial charge on any atom is -0.348 e. The molecular formula is C21H25N5O2S. The van der Waals surface area contributed by atoms with E-state index in [1.54, 1.807) is 6.20 Å². The third-order valence-electron chi connectivity index (χ3n) is 4.37. The normalized spacial score (nSPS) is 10.8. The molecule has 152 valence electrons. The van der Waals surface area contributed by atoms with Crippen LogP contribution in [0.2, 0.25) is 0 Å². The monoisotopic (exact) mass is 411 g/mol. The molecular weight excluding hydrogens is 386 g/mol. The number of nitrogens with zero attached hydrogens (tertiary/aromatic N) is 2. The molecule has 0 saturated carbocycles. The molecule has 0 saturated heterocycles. The molecule has 0 radical (unpaired) electrons. The van der Waals surface area contributed by atoms with Crippen molar-refractivity contribution >= 4 is 29.0 Å². The molecule has 3 amide bonds. The van der Waals surface area contributed by atoms with Gasteiger partial charge in [-0.3, -0.25) is 9.36 Å². The van der Waals surface area contributed by atoms with E-state index in [1.165, 1.54) is 11.3 Å². The summed E-state index contributed by atoms with van der Waals surface area (Å²) in [5.74, 6) is -0.126. The standard InChI is InChI=1S/C21H25N5O2S/c1-13(2)24-20(28)25-17-7-5-16(6-8-17)12-23-19(27)18-11-14(3)26(15(18)4)21-22-9-10-29-21/h5-11,13H,12H2,1-4H3,(H,23,27)(H2,24,25,28). The molecule has 0 unspecified atom stereocenters. The van der Waals surface area contributed by atoms with Crippen LogP contribution in [0.15, 0.2) is 41.9 Å². The molecule has 0 spiro atoms. The third kappa shape index (κ3) is 5.03. The molecule has 0 bridgehead atoms. The number of hydrogen-bond donors (Lipinski definition) is 3. The Hall–Kier alpha value is -3.13. The number of thiazole rings is 1. The molecule has 0 aliphatic heterocycles. The second-order valence-corrected chi connectivity index (χ2v) is 7.94. The van der Waals surface area contributed by atoms with Crippen molar-refractivity contribution in [3.8, 4) is 5.13 Å². The van der Waals surface area contributed by atoms with Crippen molar-refractivity contribution in [1.29, 1.82) is 0 Å². The highest BCUT2D eigenvalue weighted by molar-refractivity contribution is 7.12. The summed E-state index contributed by atoms with van der Waals surface area (Å²) >= 11 is 1.53. The molecule has 2 heterocycles. The summed E-state index contributed by atoms with van der Waals surface area (Å²) in [6.45, 7) is 8.09. The van der Waals surface area contributed by atoms with Gasteiger partial charge in [-0.2, -0.15) is 0 Å². The molecule has 0 aliphatic rings. The number of nitrogens with one attached hydrogen (secondary N) is 3. The first-order chi connectivity index (χ1) is 13.8. The number of aromatic nitrogens is 2. The van der Waals surface area contributed by atoms with Gasteiger partial charge in [0.05, 0.1) is 5.56 Å². The van der Waals surface area contributed by atoms with Gasteiger partial charge in [-0.25, -0.2) is 9.78 Å². The highest BCUT2D eigenvalue weighted by Gasteiger charge is 2.17. The van der Waals surface area contributed by atoms with Crippen LogP contribution >= 0.6 is 11.3 Å². The molecule has 1 aromatic carbocycles.